The molecule has 2 unspecified atom stereocenters. The lowest BCUT2D eigenvalue weighted by molar-refractivity contribution is -0.144. The number of piperidine rings is 1. The number of carboxylic acids is 1. The SMILES string of the molecule is CCCC1CCCCN1C(=O)NC(C)(C(=O)O)C1CC1. The molecule has 0 spiro atoms. The van der Waals surface area contributed by atoms with Crippen molar-refractivity contribution < 1.29 is 14.7 Å². The second-order valence-corrected chi connectivity index (χ2v) is 6.34. The maximum Gasteiger partial charge on any atom is 0.329 e. The van der Waals surface area contributed by atoms with Crippen LogP contribution in [0.1, 0.15) is 58.8 Å². The fourth-order valence-electron chi connectivity index (χ4n) is 3.19. The molecule has 0 aromatic heterocycles. The van der Waals surface area contributed by atoms with Gasteiger partial charge in [0.15, 0.2) is 0 Å². The predicted octanol–water partition coefficient (Wildman–Crippen LogP) is 2.60. The molecule has 1 saturated carbocycles. The Hall–Kier alpha value is -1.26. The summed E-state index contributed by atoms with van der Waals surface area (Å²) in [5.41, 5.74) is -1.11. The number of carbonyl (C=O) groups is 2. The fourth-order valence-corrected chi connectivity index (χ4v) is 3.19. The van der Waals surface area contributed by atoms with E-state index in [4.69, 9.17) is 0 Å². The molecule has 0 radical (unpaired) electrons. The van der Waals surface area contributed by atoms with Gasteiger partial charge in [0.1, 0.15) is 5.54 Å². The summed E-state index contributed by atoms with van der Waals surface area (Å²) in [6.07, 6.45) is 7.04. The Balaban J connectivity index is 2.03. The lowest BCUT2D eigenvalue weighted by atomic mass is 9.95. The lowest BCUT2D eigenvalue weighted by Gasteiger charge is -2.38. The van der Waals surface area contributed by atoms with Crippen LogP contribution in [0.3, 0.4) is 0 Å². The molecule has 0 bridgehead atoms. The molecule has 5 heteroatoms. The number of carbonyl (C=O) groups excluding carboxylic acids is 1. The van der Waals surface area contributed by atoms with Crippen molar-refractivity contribution in [3.63, 3.8) is 0 Å². The second-order valence-electron chi connectivity index (χ2n) is 6.34. The molecule has 0 aromatic rings. The number of nitrogens with zero attached hydrogens (tertiary/aromatic N) is 1. The van der Waals surface area contributed by atoms with Crippen LogP contribution < -0.4 is 5.32 Å². The van der Waals surface area contributed by atoms with Gasteiger partial charge in [0, 0.05) is 12.6 Å². The van der Waals surface area contributed by atoms with Crippen molar-refractivity contribution in [3.8, 4) is 0 Å². The van der Waals surface area contributed by atoms with E-state index in [1.54, 1.807) is 6.92 Å². The third-order valence-electron chi connectivity index (χ3n) is 4.71. The number of aliphatic carboxylic acids is 1. The number of hydrogen-bond acceptors (Lipinski definition) is 2. The van der Waals surface area contributed by atoms with E-state index in [1.165, 1.54) is 0 Å². The Bertz CT molecular complexity index is 379. The first-order chi connectivity index (χ1) is 9.49. The smallest absolute Gasteiger partial charge is 0.329 e. The Morgan fingerprint density at radius 3 is 2.55 bits per heavy atom. The zero-order valence-electron chi connectivity index (χ0n) is 12.5. The molecule has 2 rings (SSSR count). The number of carboxylic acid groups (broad SMARTS) is 1. The van der Waals surface area contributed by atoms with Crippen LogP contribution in [0.4, 0.5) is 4.79 Å². The summed E-state index contributed by atoms with van der Waals surface area (Å²) in [5, 5.41) is 12.2. The Labute approximate surface area is 120 Å². The first-order valence-electron chi connectivity index (χ1n) is 7.81. The number of amides is 2. The zero-order chi connectivity index (χ0) is 14.8. The number of likely N-dealkylation sites (tertiary alicyclic amines) is 1. The molecule has 114 valence electrons. The molecular formula is C15H26N2O3. The summed E-state index contributed by atoms with van der Waals surface area (Å²) in [4.78, 5) is 25.8. The first-order valence-corrected chi connectivity index (χ1v) is 7.81. The van der Waals surface area contributed by atoms with Gasteiger partial charge in [0.05, 0.1) is 0 Å². The second kappa shape index (κ2) is 6.02. The molecule has 2 aliphatic rings. The highest BCUT2D eigenvalue weighted by Gasteiger charge is 2.49. The van der Waals surface area contributed by atoms with E-state index in [9.17, 15) is 14.7 Å². The third-order valence-corrected chi connectivity index (χ3v) is 4.71. The van der Waals surface area contributed by atoms with Crippen LogP contribution in [0, 0.1) is 5.92 Å². The molecule has 1 saturated heterocycles. The van der Waals surface area contributed by atoms with E-state index < -0.39 is 11.5 Å². The molecule has 20 heavy (non-hydrogen) atoms. The van der Waals surface area contributed by atoms with Crippen molar-refractivity contribution >= 4 is 12.0 Å². The molecular weight excluding hydrogens is 256 g/mol. The normalized spacial score (nSPS) is 25.9. The van der Waals surface area contributed by atoms with Gasteiger partial charge in [-0.1, -0.05) is 13.3 Å². The van der Waals surface area contributed by atoms with Crippen LogP contribution in [0.15, 0.2) is 0 Å². The van der Waals surface area contributed by atoms with E-state index in [1.807, 2.05) is 4.90 Å². The van der Waals surface area contributed by atoms with Crippen molar-refractivity contribution in [2.75, 3.05) is 6.54 Å². The average Bonchev–Trinajstić information content (AvgIpc) is 3.24. The Morgan fingerprint density at radius 2 is 2.00 bits per heavy atom. The minimum atomic E-state index is -1.11. The Kier molecular flexibility index (Phi) is 4.55. The van der Waals surface area contributed by atoms with Crippen molar-refractivity contribution in [2.45, 2.75) is 70.4 Å². The summed E-state index contributed by atoms with van der Waals surface area (Å²) < 4.78 is 0. The van der Waals surface area contributed by atoms with E-state index in [0.717, 1.165) is 51.5 Å². The Morgan fingerprint density at radius 1 is 1.30 bits per heavy atom. The highest BCUT2D eigenvalue weighted by molar-refractivity contribution is 5.86. The van der Waals surface area contributed by atoms with Gasteiger partial charge >= 0.3 is 12.0 Å². The quantitative estimate of drug-likeness (QED) is 0.814. The van der Waals surface area contributed by atoms with Crippen molar-refractivity contribution in [1.29, 1.82) is 0 Å². The molecule has 1 aliphatic carbocycles. The summed E-state index contributed by atoms with van der Waals surface area (Å²) in [5.74, 6) is -0.837. The summed E-state index contributed by atoms with van der Waals surface area (Å²) >= 11 is 0. The number of urea groups is 1. The van der Waals surface area contributed by atoms with Gasteiger partial charge in [-0.25, -0.2) is 9.59 Å². The minimum absolute atomic E-state index is 0.0818. The largest absolute Gasteiger partial charge is 0.480 e. The number of hydrogen-bond donors (Lipinski definition) is 2. The van der Waals surface area contributed by atoms with Crippen molar-refractivity contribution in [1.82, 2.24) is 10.2 Å². The van der Waals surface area contributed by atoms with E-state index in [2.05, 4.69) is 12.2 Å². The topological polar surface area (TPSA) is 69.6 Å². The van der Waals surface area contributed by atoms with Gasteiger partial charge in [0.25, 0.3) is 0 Å². The van der Waals surface area contributed by atoms with Gasteiger partial charge in [0.2, 0.25) is 0 Å². The van der Waals surface area contributed by atoms with Gasteiger partial charge in [-0.2, -0.15) is 0 Å². The third kappa shape index (κ3) is 3.07. The summed E-state index contributed by atoms with van der Waals surface area (Å²) in [7, 11) is 0. The number of rotatable bonds is 5. The first kappa shape index (κ1) is 15.1. The van der Waals surface area contributed by atoms with Crippen molar-refractivity contribution in [2.24, 2.45) is 5.92 Å². The summed E-state index contributed by atoms with van der Waals surface area (Å²) in [6.45, 7) is 4.51. The molecule has 1 heterocycles. The van der Waals surface area contributed by atoms with Crippen LogP contribution in [-0.2, 0) is 4.79 Å². The molecule has 2 N–H and O–H groups in total. The standard InChI is InChI=1S/C15H26N2O3/c1-3-6-12-7-4-5-10-17(12)14(20)16-15(2,13(18)19)11-8-9-11/h11-12H,3-10H2,1-2H3,(H,16,20)(H,18,19). The van der Waals surface area contributed by atoms with Crippen molar-refractivity contribution in [3.05, 3.63) is 0 Å². The molecule has 2 amide bonds. The maximum atomic E-state index is 12.5. The molecule has 1 aliphatic heterocycles. The minimum Gasteiger partial charge on any atom is -0.480 e. The van der Waals surface area contributed by atoms with Gasteiger partial charge in [-0.05, 0) is 51.4 Å². The highest BCUT2D eigenvalue weighted by Crippen LogP contribution is 2.40. The molecule has 2 atom stereocenters. The van der Waals surface area contributed by atoms with Crippen LogP contribution >= 0.6 is 0 Å². The molecule has 5 nitrogen and oxygen atoms in total. The van der Waals surface area contributed by atoms with Crippen LogP contribution in [0.25, 0.3) is 0 Å². The van der Waals surface area contributed by atoms with Gasteiger partial charge in [-0.15, -0.1) is 0 Å². The summed E-state index contributed by atoms with van der Waals surface area (Å²) in [6, 6.07) is 0.0750. The van der Waals surface area contributed by atoms with E-state index in [0.29, 0.717) is 0 Å². The maximum absolute atomic E-state index is 12.5. The highest BCUT2D eigenvalue weighted by atomic mass is 16.4. The van der Waals surface area contributed by atoms with Gasteiger partial charge in [-0.3, -0.25) is 0 Å². The zero-order valence-corrected chi connectivity index (χ0v) is 12.5. The predicted molar refractivity (Wildman–Crippen MR) is 76.5 cm³/mol. The molecule has 2 fully saturated rings. The molecule has 0 aromatic carbocycles. The van der Waals surface area contributed by atoms with Crippen LogP contribution in [-0.4, -0.2) is 40.1 Å². The number of nitrogens with one attached hydrogen (secondary N) is 1. The van der Waals surface area contributed by atoms with E-state index in [-0.39, 0.29) is 18.0 Å². The van der Waals surface area contributed by atoms with E-state index >= 15 is 0 Å². The monoisotopic (exact) mass is 282 g/mol. The lowest BCUT2D eigenvalue weighted by Crippen LogP contribution is -2.59. The van der Waals surface area contributed by atoms with Crippen LogP contribution in [0.5, 0.6) is 0 Å². The van der Waals surface area contributed by atoms with Crippen LogP contribution in [0.2, 0.25) is 0 Å². The fraction of sp³-hybridized carbons (Fsp3) is 0.867. The van der Waals surface area contributed by atoms with Gasteiger partial charge < -0.3 is 15.3 Å². The average molecular weight is 282 g/mol.